The zero-order valence-electron chi connectivity index (χ0n) is 26.1. The normalized spacial score (nSPS) is 22.4. The second kappa shape index (κ2) is 18.7. The lowest BCUT2D eigenvalue weighted by Gasteiger charge is -2.25. The average molecular weight is 586 g/mol. The summed E-state index contributed by atoms with van der Waals surface area (Å²) < 4.78 is 5.36. The fraction of sp³-hybridized carbons (Fsp3) is 0.559. The highest BCUT2D eigenvalue weighted by atomic mass is 32.1. The van der Waals surface area contributed by atoms with Crippen molar-refractivity contribution in [3.63, 3.8) is 0 Å². The van der Waals surface area contributed by atoms with Gasteiger partial charge in [-0.1, -0.05) is 87.8 Å². The van der Waals surface area contributed by atoms with Crippen LogP contribution in [-0.4, -0.2) is 47.3 Å². The highest BCUT2D eigenvalue weighted by molar-refractivity contribution is 7.80. The zero-order valence-corrected chi connectivity index (χ0v) is 27.0. The molecule has 2 N–H and O–H groups in total. The van der Waals surface area contributed by atoms with E-state index < -0.39 is 12.0 Å². The van der Waals surface area contributed by atoms with Crippen LogP contribution in [-0.2, 0) is 19.1 Å². The Morgan fingerprint density at radius 2 is 1.76 bits per heavy atom. The topological polar surface area (TPSA) is 92.7 Å². The van der Waals surface area contributed by atoms with Crippen LogP contribution in [0, 0.1) is 29.6 Å². The maximum absolute atomic E-state index is 13.1. The first-order chi connectivity index (χ1) is 19.2. The van der Waals surface area contributed by atoms with Gasteiger partial charge in [0.05, 0.1) is 6.10 Å². The zero-order chi connectivity index (χ0) is 31.1. The first kappa shape index (κ1) is 36.4. The molecule has 0 aromatic rings. The number of thiol groups is 1. The molecule has 6 nitrogen and oxygen atoms in total. The molecule has 0 aliphatic carbocycles. The van der Waals surface area contributed by atoms with Gasteiger partial charge in [0.1, 0.15) is 11.9 Å². The van der Waals surface area contributed by atoms with E-state index in [0.29, 0.717) is 24.6 Å². The summed E-state index contributed by atoms with van der Waals surface area (Å²) in [4.78, 5) is 36.4. The fourth-order valence-corrected chi connectivity index (χ4v) is 4.98. The quantitative estimate of drug-likeness (QED) is 0.0849. The first-order valence-electron chi connectivity index (χ1n) is 14.6. The van der Waals surface area contributed by atoms with E-state index in [-0.39, 0.29) is 41.5 Å². The number of rotatable bonds is 16. The number of allylic oxidation sites excluding steroid dienone is 8. The minimum absolute atomic E-state index is 0.00239. The third kappa shape index (κ3) is 14.2. The van der Waals surface area contributed by atoms with Gasteiger partial charge in [-0.2, -0.15) is 12.6 Å². The van der Waals surface area contributed by atoms with Gasteiger partial charge in [-0.25, -0.2) is 4.79 Å². The molecule has 228 valence electrons. The molecular formula is C34H51NO5S. The first-order valence-corrected chi connectivity index (χ1v) is 15.3. The average Bonchev–Trinajstić information content (AvgIpc) is 2.90. The lowest BCUT2D eigenvalue weighted by Crippen LogP contribution is -2.34. The molecule has 1 rings (SSSR count). The molecule has 0 aromatic carbocycles. The number of nitrogens with one attached hydrogen (secondary N) is 1. The third-order valence-electron chi connectivity index (χ3n) is 7.23. The summed E-state index contributed by atoms with van der Waals surface area (Å²) in [5, 5.41) is 13.6. The van der Waals surface area contributed by atoms with Gasteiger partial charge in [-0.05, 0) is 51.5 Å². The molecule has 0 saturated heterocycles. The van der Waals surface area contributed by atoms with Crippen LogP contribution in [0.1, 0.15) is 68.2 Å². The molecular weight excluding hydrogens is 534 g/mol. The maximum atomic E-state index is 13.1. The highest BCUT2D eigenvalue weighted by Gasteiger charge is 2.29. The summed E-state index contributed by atoms with van der Waals surface area (Å²) in [6.07, 6.45) is 17.5. The standard InChI is InChI=1S/C34H51NO5S/c1-22(18-24(3)12-14-30-26(5)13-15-32(37)40-30)10-9-11-23(2)19-27(6)33(38)29(8)34(39)28(7)20-25(4)21-31(36)35-16-17-41/h9,11-15,18-19,21-22,26-30,34,39,41H,10,16-17,20H2,1-8H3,(H,35,36)/t22-,26+,27-,28+,29-,30+,34-/m1/s1. The van der Waals surface area contributed by atoms with E-state index in [4.69, 9.17) is 4.74 Å². The number of cyclic esters (lactones) is 1. The highest BCUT2D eigenvalue weighted by Crippen LogP contribution is 2.24. The number of ether oxygens (including phenoxy) is 1. The Kier molecular flexibility index (Phi) is 16.6. The third-order valence-corrected chi connectivity index (χ3v) is 7.45. The number of Topliss-reactive ketones (excluding diaryl/α,β-unsaturated/α-hetero) is 1. The molecule has 1 heterocycles. The Morgan fingerprint density at radius 3 is 2.41 bits per heavy atom. The van der Waals surface area contributed by atoms with Crippen molar-refractivity contribution in [2.24, 2.45) is 29.6 Å². The van der Waals surface area contributed by atoms with Gasteiger partial charge in [0.25, 0.3) is 0 Å². The van der Waals surface area contributed by atoms with E-state index in [9.17, 15) is 19.5 Å². The van der Waals surface area contributed by atoms with E-state index in [1.807, 2.05) is 71.9 Å². The van der Waals surface area contributed by atoms with Crippen molar-refractivity contribution in [3.8, 4) is 0 Å². The molecule has 41 heavy (non-hydrogen) atoms. The van der Waals surface area contributed by atoms with Crippen molar-refractivity contribution in [2.75, 3.05) is 12.3 Å². The van der Waals surface area contributed by atoms with Crippen molar-refractivity contribution in [1.82, 2.24) is 5.32 Å². The van der Waals surface area contributed by atoms with Crippen molar-refractivity contribution >= 4 is 30.3 Å². The van der Waals surface area contributed by atoms with E-state index >= 15 is 0 Å². The largest absolute Gasteiger partial charge is 0.454 e. The van der Waals surface area contributed by atoms with Gasteiger partial charge < -0.3 is 15.2 Å². The van der Waals surface area contributed by atoms with Crippen molar-refractivity contribution < 1.29 is 24.2 Å². The SMILES string of the molecule is CC(C=CC[C@@H](C)C=C(C)C=C[C@@H]1OC(=O)C=C[C@@H]1C)=C[C@@H](C)C(=O)[C@@H](C)[C@H](O)[C@@H](C)CC(C)=CC(=O)NCCS. The summed E-state index contributed by atoms with van der Waals surface area (Å²) in [5.74, 6) is -0.428. The molecule has 0 bridgehead atoms. The molecule has 0 radical (unpaired) electrons. The molecule has 0 fully saturated rings. The minimum atomic E-state index is -0.798. The molecule has 7 atom stereocenters. The van der Waals surface area contributed by atoms with Crippen LogP contribution in [0.15, 0.2) is 71.4 Å². The number of ketones is 1. The number of aliphatic hydroxyl groups is 1. The number of carbonyl (C=O) groups is 3. The van der Waals surface area contributed by atoms with Crippen molar-refractivity contribution in [1.29, 1.82) is 0 Å². The molecule has 0 spiro atoms. The predicted octanol–water partition coefficient (Wildman–Crippen LogP) is 6.36. The maximum Gasteiger partial charge on any atom is 0.331 e. The number of esters is 1. The van der Waals surface area contributed by atoms with Gasteiger partial charge in [0.2, 0.25) is 5.91 Å². The van der Waals surface area contributed by atoms with Gasteiger partial charge in [0, 0.05) is 42.2 Å². The molecule has 7 heteroatoms. The number of amides is 1. The minimum Gasteiger partial charge on any atom is -0.454 e. The Morgan fingerprint density at radius 1 is 1.10 bits per heavy atom. The van der Waals surface area contributed by atoms with Gasteiger partial charge >= 0.3 is 5.97 Å². The Hall–Kier alpha value is -2.64. The summed E-state index contributed by atoms with van der Waals surface area (Å²) in [6, 6.07) is 0. The lowest BCUT2D eigenvalue weighted by molar-refractivity contribution is -0.143. The molecule has 1 amide bonds. The predicted molar refractivity (Wildman–Crippen MR) is 172 cm³/mol. The number of carbonyl (C=O) groups excluding carboxylic acids is 3. The van der Waals surface area contributed by atoms with E-state index in [2.05, 4.69) is 37.0 Å². The van der Waals surface area contributed by atoms with Crippen LogP contribution in [0.2, 0.25) is 0 Å². The van der Waals surface area contributed by atoms with Crippen LogP contribution < -0.4 is 5.32 Å². The van der Waals surface area contributed by atoms with Gasteiger partial charge in [-0.15, -0.1) is 0 Å². The molecule has 0 saturated carbocycles. The summed E-state index contributed by atoms with van der Waals surface area (Å²) >= 11 is 4.08. The second-order valence-corrected chi connectivity index (χ2v) is 12.0. The van der Waals surface area contributed by atoms with E-state index in [0.717, 1.165) is 23.1 Å². The Bertz CT molecular complexity index is 1070. The van der Waals surface area contributed by atoms with Gasteiger partial charge in [0.15, 0.2) is 0 Å². The van der Waals surface area contributed by atoms with Gasteiger partial charge in [-0.3, -0.25) is 9.59 Å². The fourth-order valence-electron chi connectivity index (χ4n) is 4.87. The van der Waals surface area contributed by atoms with E-state index in [1.54, 1.807) is 13.0 Å². The number of hydrogen-bond acceptors (Lipinski definition) is 6. The summed E-state index contributed by atoms with van der Waals surface area (Å²) in [5.41, 5.74) is 2.97. The van der Waals surface area contributed by atoms with E-state index in [1.165, 1.54) is 6.08 Å². The molecule has 1 aliphatic heterocycles. The lowest BCUT2D eigenvalue weighted by atomic mass is 9.83. The number of hydrogen-bond donors (Lipinski definition) is 3. The molecule has 0 unspecified atom stereocenters. The smallest absolute Gasteiger partial charge is 0.331 e. The molecule has 1 aliphatic rings. The van der Waals surface area contributed by atoms with Crippen LogP contribution in [0.5, 0.6) is 0 Å². The molecule has 0 aromatic heterocycles. The Labute approximate surface area is 253 Å². The monoisotopic (exact) mass is 585 g/mol. The van der Waals surface area contributed by atoms with Crippen LogP contribution in [0.3, 0.4) is 0 Å². The van der Waals surface area contributed by atoms with Crippen molar-refractivity contribution in [2.45, 2.75) is 80.4 Å². The summed E-state index contributed by atoms with van der Waals surface area (Å²) in [6.45, 7) is 16.1. The van der Waals surface area contributed by atoms with Crippen LogP contribution in [0.25, 0.3) is 0 Å². The second-order valence-electron chi connectivity index (χ2n) is 11.6. The van der Waals surface area contributed by atoms with Crippen molar-refractivity contribution in [3.05, 3.63) is 71.4 Å². The van der Waals surface area contributed by atoms with Crippen LogP contribution >= 0.6 is 12.6 Å². The number of aliphatic hydroxyl groups excluding tert-OH is 1. The summed E-state index contributed by atoms with van der Waals surface area (Å²) in [7, 11) is 0. The Balaban J connectivity index is 2.62. The van der Waals surface area contributed by atoms with Crippen LogP contribution in [0.4, 0.5) is 0 Å².